The minimum atomic E-state index is -0.194. The number of benzene rings is 2. The number of rotatable bonds is 7. The van der Waals surface area contributed by atoms with E-state index in [1.807, 2.05) is 18.2 Å². The van der Waals surface area contributed by atoms with Crippen molar-refractivity contribution >= 4 is 40.7 Å². The van der Waals surface area contributed by atoms with E-state index in [-0.39, 0.29) is 24.1 Å². The fraction of sp³-hybridized carbons (Fsp3) is 0.286. The molecule has 3 rings (SSSR count). The molecule has 0 radical (unpaired) electrons. The Hall–Kier alpha value is -2.86. The van der Waals surface area contributed by atoms with Crippen LogP contribution in [0.5, 0.6) is 0 Å². The van der Waals surface area contributed by atoms with Gasteiger partial charge in [0.1, 0.15) is 0 Å². The first-order valence-electron chi connectivity index (χ1n) is 9.27. The first-order chi connectivity index (χ1) is 13.5. The molecular formula is C21H22ClN3O3. The standard InChI is InChI=1S/C21H22ClN3O3/c22-16-10-8-15(9-11-16)21(28)23-12-2-6-19(26)24-17-4-1-5-18(14-17)25-13-3-7-20(25)27/h1,4-5,8-11,14H,2-3,6-7,12-13H2,(H,23,28)(H,24,26). The quantitative estimate of drug-likeness (QED) is 0.698. The molecule has 0 atom stereocenters. The SMILES string of the molecule is O=C(CCCNC(=O)c1ccc(Cl)cc1)Nc1cccc(N2CCCC2=O)c1. The Labute approximate surface area is 168 Å². The van der Waals surface area contributed by atoms with Crippen molar-refractivity contribution in [3.8, 4) is 0 Å². The zero-order valence-electron chi connectivity index (χ0n) is 15.4. The van der Waals surface area contributed by atoms with Crippen LogP contribution in [0.2, 0.25) is 5.02 Å². The molecule has 1 heterocycles. The average molecular weight is 400 g/mol. The second-order valence-corrected chi connectivity index (χ2v) is 7.05. The van der Waals surface area contributed by atoms with E-state index in [0.717, 1.165) is 12.1 Å². The van der Waals surface area contributed by atoms with Crippen LogP contribution in [0.1, 0.15) is 36.0 Å². The Morgan fingerprint density at radius 1 is 1.11 bits per heavy atom. The fourth-order valence-corrected chi connectivity index (χ4v) is 3.18. The van der Waals surface area contributed by atoms with Crippen molar-refractivity contribution in [2.24, 2.45) is 0 Å². The zero-order valence-corrected chi connectivity index (χ0v) is 16.2. The molecule has 7 heteroatoms. The number of nitrogens with zero attached hydrogens (tertiary/aromatic N) is 1. The van der Waals surface area contributed by atoms with Gasteiger partial charge in [0.2, 0.25) is 11.8 Å². The van der Waals surface area contributed by atoms with Gasteiger partial charge >= 0.3 is 0 Å². The summed E-state index contributed by atoms with van der Waals surface area (Å²) in [5, 5.41) is 6.20. The highest BCUT2D eigenvalue weighted by Gasteiger charge is 2.21. The van der Waals surface area contributed by atoms with Crippen molar-refractivity contribution in [2.45, 2.75) is 25.7 Å². The van der Waals surface area contributed by atoms with Gasteiger partial charge in [-0.1, -0.05) is 17.7 Å². The van der Waals surface area contributed by atoms with E-state index in [1.165, 1.54) is 0 Å². The molecule has 2 aromatic carbocycles. The highest BCUT2D eigenvalue weighted by molar-refractivity contribution is 6.30. The Morgan fingerprint density at radius 3 is 2.61 bits per heavy atom. The molecule has 0 aliphatic carbocycles. The summed E-state index contributed by atoms with van der Waals surface area (Å²) in [6.07, 6.45) is 2.23. The molecule has 146 valence electrons. The molecule has 1 aliphatic heterocycles. The number of hydrogen-bond donors (Lipinski definition) is 2. The lowest BCUT2D eigenvalue weighted by Crippen LogP contribution is -2.25. The molecule has 28 heavy (non-hydrogen) atoms. The summed E-state index contributed by atoms with van der Waals surface area (Å²) in [4.78, 5) is 37.7. The predicted molar refractivity (Wildman–Crippen MR) is 110 cm³/mol. The van der Waals surface area contributed by atoms with E-state index in [9.17, 15) is 14.4 Å². The van der Waals surface area contributed by atoms with E-state index in [4.69, 9.17) is 11.6 Å². The van der Waals surface area contributed by atoms with Crippen LogP contribution in [0, 0.1) is 0 Å². The van der Waals surface area contributed by atoms with Crippen LogP contribution in [0.25, 0.3) is 0 Å². The zero-order chi connectivity index (χ0) is 19.9. The van der Waals surface area contributed by atoms with Gasteiger partial charge in [0.15, 0.2) is 0 Å². The molecule has 0 saturated carbocycles. The predicted octanol–water partition coefficient (Wildman–Crippen LogP) is 3.62. The molecule has 2 N–H and O–H groups in total. The summed E-state index contributed by atoms with van der Waals surface area (Å²) in [7, 11) is 0. The number of halogens is 1. The Balaban J connectivity index is 1.42. The second kappa shape index (κ2) is 9.37. The van der Waals surface area contributed by atoms with E-state index >= 15 is 0 Å². The second-order valence-electron chi connectivity index (χ2n) is 6.61. The van der Waals surface area contributed by atoms with Gasteiger partial charge < -0.3 is 15.5 Å². The summed E-state index contributed by atoms with van der Waals surface area (Å²) in [6, 6.07) is 13.9. The van der Waals surface area contributed by atoms with Crippen LogP contribution >= 0.6 is 11.6 Å². The van der Waals surface area contributed by atoms with Crippen molar-refractivity contribution in [3.63, 3.8) is 0 Å². The van der Waals surface area contributed by atoms with Crippen LogP contribution in [-0.4, -0.2) is 30.8 Å². The topological polar surface area (TPSA) is 78.5 Å². The van der Waals surface area contributed by atoms with E-state index in [0.29, 0.717) is 42.2 Å². The maximum Gasteiger partial charge on any atom is 0.251 e. The molecule has 1 saturated heterocycles. The Morgan fingerprint density at radius 2 is 1.89 bits per heavy atom. The van der Waals surface area contributed by atoms with Gasteiger partial charge in [0.05, 0.1) is 0 Å². The first kappa shape index (κ1) is 19.9. The van der Waals surface area contributed by atoms with E-state index < -0.39 is 0 Å². The molecule has 2 aromatic rings. The molecule has 1 aliphatic rings. The van der Waals surface area contributed by atoms with Gasteiger partial charge in [0, 0.05) is 47.9 Å². The van der Waals surface area contributed by atoms with Crippen molar-refractivity contribution in [3.05, 3.63) is 59.1 Å². The first-order valence-corrected chi connectivity index (χ1v) is 9.65. The lowest BCUT2D eigenvalue weighted by Gasteiger charge is -2.16. The van der Waals surface area contributed by atoms with E-state index in [1.54, 1.807) is 35.2 Å². The number of hydrogen-bond acceptors (Lipinski definition) is 3. The van der Waals surface area contributed by atoms with Crippen LogP contribution in [0.15, 0.2) is 48.5 Å². The molecular weight excluding hydrogens is 378 g/mol. The third kappa shape index (κ3) is 5.33. The summed E-state index contributed by atoms with van der Waals surface area (Å²) in [5.41, 5.74) is 1.99. The van der Waals surface area contributed by atoms with Gasteiger partial charge in [-0.3, -0.25) is 14.4 Å². The van der Waals surface area contributed by atoms with E-state index in [2.05, 4.69) is 10.6 Å². The maximum absolute atomic E-state index is 12.1. The highest BCUT2D eigenvalue weighted by Crippen LogP contribution is 2.24. The Bertz CT molecular complexity index is 867. The van der Waals surface area contributed by atoms with Crippen LogP contribution in [0.4, 0.5) is 11.4 Å². The monoisotopic (exact) mass is 399 g/mol. The smallest absolute Gasteiger partial charge is 0.251 e. The number of amides is 3. The summed E-state index contributed by atoms with van der Waals surface area (Å²) < 4.78 is 0. The summed E-state index contributed by atoms with van der Waals surface area (Å²) in [6.45, 7) is 1.11. The average Bonchev–Trinajstić information content (AvgIpc) is 3.12. The third-order valence-electron chi connectivity index (χ3n) is 4.49. The lowest BCUT2D eigenvalue weighted by molar-refractivity contribution is -0.117. The number of anilines is 2. The van der Waals surface area contributed by atoms with Gasteiger partial charge in [-0.2, -0.15) is 0 Å². The lowest BCUT2D eigenvalue weighted by atomic mass is 10.2. The number of carbonyl (C=O) groups is 3. The minimum Gasteiger partial charge on any atom is -0.352 e. The molecule has 0 bridgehead atoms. The van der Waals surface area contributed by atoms with Crippen LogP contribution in [0.3, 0.4) is 0 Å². The van der Waals surface area contributed by atoms with Gasteiger partial charge in [-0.15, -0.1) is 0 Å². The van der Waals surface area contributed by atoms with Gasteiger partial charge in [0.25, 0.3) is 5.91 Å². The van der Waals surface area contributed by atoms with Crippen molar-refractivity contribution in [1.29, 1.82) is 0 Å². The van der Waals surface area contributed by atoms with Crippen molar-refractivity contribution in [1.82, 2.24) is 5.32 Å². The van der Waals surface area contributed by atoms with Gasteiger partial charge in [-0.25, -0.2) is 0 Å². The summed E-state index contributed by atoms with van der Waals surface area (Å²) >= 11 is 5.80. The van der Waals surface area contributed by atoms with Crippen LogP contribution < -0.4 is 15.5 Å². The molecule has 0 aromatic heterocycles. The van der Waals surface area contributed by atoms with Crippen LogP contribution in [-0.2, 0) is 9.59 Å². The van der Waals surface area contributed by atoms with Gasteiger partial charge in [-0.05, 0) is 55.3 Å². The number of nitrogens with one attached hydrogen (secondary N) is 2. The number of carbonyl (C=O) groups excluding carboxylic acids is 3. The summed E-state index contributed by atoms with van der Waals surface area (Å²) in [5.74, 6) is -0.217. The van der Waals surface area contributed by atoms with Crippen molar-refractivity contribution in [2.75, 3.05) is 23.3 Å². The van der Waals surface area contributed by atoms with Crippen molar-refractivity contribution < 1.29 is 14.4 Å². The molecule has 0 spiro atoms. The fourth-order valence-electron chi connectivity index (χ4n) is 3.05. The largest absolute Gasteiger partial charge is 0.352 e. The Kier molecular flexibility index (Phi) is 6.66. The minimum absolute atomic E-state index is 0.111. The maximum atomic E-state index is 12.1. The molecule has 0 unspecified atom stereocenters. The normalized spacial score (nSPS) is 13.5. The third-order valence-corrected chi connectivity index (χ3v) is 4.74. The molecule has 6 nitrogen and oxygen atoms in total. The molecule has 1 fully saturated rings. The highest BCUT2D eigenvalue weighted by atomic mass is 35.5. The molecule has 3 amide bonds.